The Bertz CT molecular complexity index is 443. The van der Waals surface area contributed by atoms with Gasteiger partial charge in [-0.25, -0.2) is 0 Å². The number of carbonyl (C=O) groups excluding carboxylic acids is 2. The standard InChI is InChI=1S/C12H12INO2/c13-10-6-9-3-4-12(16)14-11(9)7-8(10)2-1-5-15/h5-7H,1-4H2,(H,14,16). The number of rotatable bonds is 3. The Morgan fingerprint density at radius 2 is 2.19 bits per heavy atom. The number of fused-ring (bicyclic) bond motifs is 1. The molecule has 4 heteroatoms. The Labute approximate surface area is 108 Å². The number of carbonyl (C=O) groups is 2. The summed E-state index contributed by atoms with van der Waals surface area (Å²) in [6.07, 6.45) is 3.57. The normalized spacial score (nSPS) is 14.2. The van der Waals surface area contributed by atoms with E-state index >= 15 is 0 Å². The first-order valence-electron chi connectivity index (χ1n) is 5.25. The summed E-state index contributed by atoms with van der Waals surface area (Å²) in [7, 11) is 0. The van der Waals surface area contributed by atoms with E-state index < -0.39 is 0 Å². The number of halogens is 1. The quantitative estimate of drug-likeness (QED) is 0.683. The highest BCUT2D eigenvalue weighted by atomic mass is 127. The second-order valence-corrected chi connectivity index (χ2v) is 5.02. The van der Waals surface area contributed by atoms with Crippen LogP contribution in [-0.4, -0.2) is 12.2 Å². The van der Waals surface area contributed by atoms with Gasteiger partial charge in [0.05, 0.1) is 0 Å². The molecule has 2 rings (SSSR count). The van der Waals surface area contributed by atoms with Crippen LogP contribution in [0.5, 0.6) is 0 Å². The summed E-state index contributed by atoms with van der Waals surface area (Å²) in [5.41, 5.74) is 3.24. The fourth-order valence-electron chi connectivity index (χ4n) is 1.85. The first-order valence-corrected chi connectivity index (χ1v) is 6.33. The fraction of sp³-hybridized carbons (Fsp3) is 0.333. The lowest BCUT2D eigenvalue weighted by atomic mass is 9.99. The topological polar surface area (TPSA) is 46.2 Å². The highest BCUT2D eigenvalue weighted by Crippen LogP contribution is 2.27. The van der Waals surface area contributed by atoms with Gasteiger partial charge < -0.3 is 10.1 Å². The van der Waals surface area contributed by atoms with Crippen LogP contribution in [0.15, 0.2) is 12.1 Å². The van der Waals surface area contributed by atoms with Crippen LogP contribution in [0.4, 0.5) is 5.69 Å². The molecule has 0 fully saturated rings. The first kappa shape index (κ1) is 11.6. The van der Waals surface area contributed by atoms with Crippen molar-refractivity contribution in [3.63, 3.8) is 0 Å². The lowest BCUT2D eigenvalue weighted by molar-refractivity contribution is -0.116. The molecule has 84 valence electrons. The van der Waals surface area contributed by atoms with Crippen LogP contribution in [-0.2, 0) is 22.4 Å². The fourth-order valence-corrected chi connectivity index (χ4v) is 2.65. The van der Waals surface area contributed by atoms with Crippen LogP contribution in [0.2, 0.25) is 0 Å². The third-order valence-electron chi connectivity index (χ3n) is 2.70. The third-order valence-corrected chi connectivity index (χ3v) is 3.70. The van der Waals surface area contributed by atoms with Crippen molar-refractivity contribution in [1.29, 1.82) is 0 Å². The second kappa shape index (κ2) is 4.95. The van der Waals surface area contributed by atoms with Crippen molar-refractivity contribution in [3.8, 4) is 0 Å². The van der Waals surface area contributed by atoms with Crippen LogP contribution in [0.25, 0.3) is 0 Å². The number of benzene rings is 1. The van der Waals surface area contributed by atoms with Crippen molar-refractivity contribution >= 4 is 40.5 Å². The summed E-state index contributed by atoms with van der Waals surface area (Å²) in [6, 6.07) is 4.10. The second-order valence-electron chi connectivity index (χ2n) is 3.85. The largest absolute Gasteiger partial charge is 0.326 e. The van der Waals surface area contributed by atoms with E-state index in [0.717, 1.165) is 30.4 Å². The number of aldehydes is 1. The molecule has 0 spiro atoms. The van der Waals surface area contributed by atoms with Gasteiger partial charge in [0.15, 0.2) is 0 Å². The van der Waals surface area contributed by atoms with E-state index in [1.165, 1.54) is 9.13 Å². The van der Waals surface area contributed by atoms with Gasteiger partial charge in [0.25, 0.3) is 0 Å². The SMILES string of the molecule is O=CCCc1cc2c(cc1I)CCC(=O)N2. The van der Waals surface area contributed by atoms with Crippen molar-refractivity contribution in [1.82, 2.24) is 0 Å². The van der Waals surface area contributed by atoms with Gasteiger partial charge in [-0.1, -0.05) is 0 Å². The van der Waals surface area contributed by atoms with Crippen molar-refractivity contribution in [2.75, 3.05) is 5.32 Å². The Morgan fingerprint density at radius 3 is 2.94 bits per heavy atom. The molecule has 1 amide bonds. The molecule has 0 atom stereocenters. The van der Waals surface area contributed by atoms with Gasteiger partial charge in [-0.05, 0) is 58.7 Å². The number of amides is 1. The molecule has 1 aromatic carbocycles. The number of anilines is 1. The molecule has 0 radical (unpaired) electrons. The summed E-state index contributed by atoms with van der Waals surface area (Å²) in [5.74, 6) is 0.0787. The third kappa shape index (κ3) is 2.42. The highest BCUT2D eigenvalue weighted by molar-refractivity contribution is 14.1. The summed E-state index contributed by atoms with van der Waals surface area (Å²) >= 11 is 2.28. The number of hydrogen-bond acceptors (Lipinski definition) is 2. The Balaban J connectivity index is 2.31. The summed E-state index contributed by atoms with van der Waals surface area (Å²) < 4.78 is 1.18. The van der Waals surface area contributed by atoms with Crippen LogP contribution in [0.1, 0.15) is 24.0 Å². The molecule has 1 N–H and O–H groups in total. The molecule has 0 bridgehead atoms. The zero-order valence-electron chi connectivity index (χ0n) is 8.75. The smallest absolute Gasteiger partial charge is 0.224 e. The van der Waals surface area contributed by atoms with E-state index in [1.807, 2.05) is 6.07 Å². The van der Waals surface area contributed by atoms with Crippen molar-refractivity contribution in [2.45, 2.75) is 25.7 Å². The molecule has 1 aliphatic heterocycles. The van der Waals surface area contributed by atoms with E-state index in [-0.39, 0.29) is 5.91 Å². The van der Waals surface area contributed by atoms with Crippen molar-refractivity contribution < 1.29 is 9.59 Å². The van der Waals surface area contributed by atoms with Gasteiger partial charge in [0.2, 0.25) is 5.91 Å². The van der Waals surface area contributed by atoms with E-state index in [2.05, 4.69) is 34.0 Å². The molecular weight excluding hydrogens is 317 g/mol. The van der Waals surface area contributed by atoms with Gasteiger partial charge >= 0.3 is 0 Å². The Hall–Kier alpha value is -0.910. The van der Waals surface area contributed by atoms with Gasteiger partial charge in [-0.2, -0.15) is 0 Å². The Kier molecular flexibility index (Phi) is 3.58. The van der Waals surface area contributed by atoms with Gasteiger partial charge in [0, 0.05) is 22.1 Å². The van der Waals surface area contributed by atoms with Crippen molar-refractivity contribution in [2.24, 2.45) is 0 Å². The maximum absolute atomic E-state index is 11.3. The predicted octanol–water partition coefficient (Wildman–Crippen LogP) is 2.31. The van der Waals surface area contributed by atoms with Crippen molar-refractivity contribution in [3.05, 3.63) is 26.8 Å². The minimum atomic E-state index is 0.0787. The van der Waals surface area contributed by atoms with Crippen LogP contribution in [0.3, 0.4) is 0 Å². The lowest BCUT2D eigenvalue weighted by Gasteiger charge is -2.18. The number of nitrogens with one attached hydrogen (secondary N) is 1. The molecule has 1 heterocycles. The number of aryl methyl sites for hydroxylation is 2. The molecule has 0 aromatic heterocycles. The zero-order chi connectivity index (χ0) is 11.5. The highest BCUT2D eigenvalue weighted by Gasteiger charge is 2.16. The monoisotopic (exact) mass is 329 g/mol. The maximum atomic E-state index is 11.3. The van der Waals surface area contributed by atoms with Crippen LogP contribution < -0.4 is 5.32 Å². The van der Waals surface area contributed by atoms with Gasteiger partial charge in [0.1, 0.15) is 6.29 Å². The minimum absolute atomic E-state index is 0.0787. The average molecular weight is 329 g/mol. The van der Waals surface area contributed by atoms with E-state index in [1.54, 1.807) is 0 Å². The first-order chi connectivity index (χ1) is 7.70. The van der Waals surface area contributed by atoms with E-state index in [9.17, 15) is 9.59 Å². The lowest BCUT2D eigenvalue weighted by Crippen LogP contribution is -2.19. The maximum Gasteiger partial charge on any atom is 0.224 e. The zero-order valence-corrected chi connectivity index (χ0v) is 10.9. The minimum Gasteiger partial charge on any atom is -0.326 e. The molecular formula is C12H12INO2. The molecule has 16 heavy (non-hydrogen) atoms. The molecule has 0 aliphatic carbocycles. The number of hydrogen-bond donors (Lipinski definition) is 1. The van der Waals surface area contributed by atoms with Crippen LogP contribution >= 0.6 is 22.6 Å². The molecule has 1 aromatic rings. The molecule has 0 saturated carbocycles. The molecule has 3 nitrogen and oxygen atoms in total. The van der Waals surface area contributed by atoms with Crippen LogP contribution in [0, 0.1) is 3.57 Å². The summed E-state index contributed by atoms with van der Waals surface area (Å²) in [5, 5.41) is 2.87. The van der Waals surface area contributed by atoms with Gasteiger partial charge in [-0.15, -0.1) is 0 Å². The average Bonchev–Trinajstić information content (AvgIpc) is 2.27. The molecule has 1 aliphatic rings. The van der Waals surface area contributed by atoms with Gasteiger partial charge in [-0.3, -0.25) is 4.79 Å². The summed E-state index contributed by atoms with van der Waals surface area (Å²) in [6.45, 7) is 0. The Morgan fingerprint density at radius 1 is 1.38 bits per heavy atom. The van der Waals surface area contributed by atoms with E-state index in [4.69, 9.17) is 0 Å². The molecule has 0 saturated heterocycles. The summed E-state index contributed by atoms with van der Waals surface area (Å²) in [4.78, 5) is 21.6. The van der Waals surface area contributed by atoms with E-state index in [0.29, 0.717) is 12.8 Å². The molecule has 0 unspecified atom stereocenters. The predicted molar refractivity (Wildman–Crippen MR) is 70.5 cm³/mol.